The summed E-state index contributed by atoms with van der Waals surface area (Å²) in [6.07, 6.45) is 9.39. The van der Waals surface area contributed by atoms with Crippen molar-refractivity contribution in [2.24, 2.45) is 11.3 Å². The van der Waals surface area contributed by atoms with Crippen LogP contribution in [0, 0.1) is 11.3 Å². The highest BCUT2D eigenvalue weighted by molar-refractivity contribution is 5.85. The van der Waals surface area contributed by atoms with Gasteiger partial charge in [0.05, 0.1) is 6.04 Å². The first kappa shape index (κ1) is 15.8. The van der Waals surface area contributed by atoms with Crippen molar-refractivity contribution >= 4 is 18.3 Å². The van der Waals surface area contributed by atoms with E-state index in [4.69, 9.17) is 0 Å². The molecule has 1 saturated carbocycles. The second kappa shape index (κ2) is 6.17. The third kappa shape index (κ3) is 2.63. The Morgan fingerprint density at radius 1 is 1.36 bits per heavy atom. The molecule has 3 aliphatic rings. The average molecular weight is 322 g/mol. The number of piperidine rings is 1. The van der Waals surface area contributed by atoms with E-state index in [-0.39, 0.29) is 24.4 Å². The Labute approximate surface area is 138 Å². The van der Waals surface area contributed by atoms with Crippen molar-refractivity contribution < 1.29 is 4.79 Å². The molecular formula is C17H24ClN3O. The van der Waals surface area contributed by atoms with Gasteiger partial charge in [-0.15, -0.1) is 12.4 Å². The zero-order chi connectivity index (χ0) is 14.3. The van der Waals surface area contributed by atoms with Crippen LogP contribution in [-0.4, -0.2) is 35.4 Å². The molecule has 22 heavy (non-hydrogen) atoms. The normalized spacial score (nSPS) is 29.2. The standard InChI is InChI=1S/C17H23N3O.ClH/c21-16(14-11-17(14)5-8-18-9-6-17)20-10-2-4-15(20)13-3-1-7-19-12-13;/h1,3,7,12,14-15,18H,2,4-6,8-11H2;1H. The summed E-state index contributed by atoms with van der Waals surface area (Å²) in [6.45, 7) is 3.08. The van der Waals surface area contributed by atoms with Gasteiger partial charge < -0.3 is 10.2 Å². The molecule has 1 N–H and O–H groups in total. The SMILES string of the molecule is Cl.O=C(C1CC12CCNCC2)N1CCCC1c1cccnc1. The van der Waals surface area contributed by atoms with E-state index in [1.165, 1.54) is 18.4 Å². The molecule has 4 rings (SSSR count). The lowest BCUT2D eigenvalue weighted by molar-refractivity contribution is -0.134. The Balaban J connectivity index is 0.00000144. The van der Waals surface area contributed by atoms with Crippen LogP contribution >= 0.6 is 12.4 Å². The smallest absolute Gasteiger partial charge is 0.226 e. The minimum Gasteiger partial charge on any atom is -0.335 e. The zero-order valence-electron chi connectivity index (χ0n) is 12.8. The second-order valence-corrected chi connectivity index (χ2v) is 6.85. The molecule has 2 unspecified atom stereocenters. The number of hydrogen-bond acceptors (Lipinski definition) is 3. The monoisotopic (exact) mass is 321 g/mol. The first-order chi connectivity index (χ1) is 10.3. The van der Waals surface area contributed by atoms with Crippen molar-refractivity contribution in [3.8, 4) is 0 Å². The van der Waals surface area contributed by atoms with Gasteiger partial charge in [0, 0.05) is 24.9 Å². The fraction of sp³-hybridized carbons (Fsp3) is 0.647. The molecule has 3 heterocycles. The first-order valence-electron chi connectivity index (χ1n) is 8.21. The highest BCUT2D eigenvalue weighted by Crippen LogP contribution is 2.59. The van der Waals surface area contributed by atoms with E-state index in [1.54, 1.807) is 6.20 Å². The molecule has 0 bridgehead atoms. The Morgan fingerprint density at radius 3 is 2.91 bits per heavy atom. The van der Waals surface area contributed by atoms with Gasteiger partial charge >= 0.3 is 0 Å². The van der Waals surface area contributed by atoms with E-state index in [1.807, 2.05) is 12.3 Å². The molecule has 2 atom stereocenters. The predicted molar refractivity (Wildman–Crippen MR) is 87.8 cm³/mol. The molecule has 0 aromatic carbocycles. The molecule has 1 aromatic rings. The van der Waals surface area contributed by atoms with Gasteiger partial charge in [0.15, 0.2) is 0 Å². The molecule has 1 spiro atoms. The fourth-order valence-electron chi connectivity index (χ4n) is 4.32. The minimum absolute atomic E-state index is 0. The highest BCUT2D eigenvalue weighted by Gasteiger charge is 2.59. The van der Waals surface area contributed by atoms with Gasteiger partial charge in [0.2, 0.25) is 5.91 Å². The van der Waals surface area contributed by atoms with E-state index in [9.17, 15) is 4.79 Å². The molecule has 2 saturated heterocycles. The summed E-state index contributed by atoms with van der Waals surface area (Å²) in [4.78, 5) is 19.3. The molecule has 3 fully saturated rings. The second-order valence-electron chi connectivity index (χ2n) is 6.85. The van der Waals surface area contributed by atoms with E-state index < -0.39 is 0 Å². The molecule has 4 nitrogen and oxygen atoms in total. The Bertz CT molecular complexity index is 530. The number of aromatic nitrogens is 1. The maximum absolute atomic E-state index is 12.9. The lowest BCUT2D eigenvalue weighted by Crippen LogP contribution is -2.36. The van der Waals surface area contributed by atoms with Crippen LogP contribution in [-0.2, 0) is 4.79 Å². The van der Waals surface area contributed by atoms with Crippen LogP contribution < -0.4 is 5.32 Å². The van der Waals surface area contributed by atoms with Crippen molar-refractivity contribution in [3.63, 3.8) is 0 Å². The molecule has 5 heteroatoms. The van der Waals surface area contributed by atoms with Gasteiger partial charge in [0.25, 0.3) is 0 Å². The lowest BCUT2D eigenvalue weighted by atomic mass is 9.91. The molecular weight excluding hydrogens is 298 g/mol. The molecule has 2 aliphatic heterocycles. The number of pyridine rings is 1. The van der Waals surface area contributed by atoms with Crippen LogP contribution in [0.4, 0.5) is 0 Å². The molecule has 1 amide bonds. The number of nitrogens with zero attached hydrogens (tertiary/aromatic N) is 2. The van der Waals surface area contributed by atoms with Gasteiger partial charge in [-0.3, -0.25) is 9.78 Å². The van der Waals surface area contributed by atoms with Crippen LogP contribution in [0.3, 0.4) is 0 Å². The van der Waals surface area contributed by atoms with Crippen molar-refractivity contribution in [1.82, 2.24) is 15.2 Å². The highest BCUT2D eigenvalue weighted by atomic mass is 35.5. The van der Waals surface area contributed by atoms with Crippen LogP contribution in [0.1, 0.15) is 43.7 Å². The number of nitrogens with one attached hydrogen (secondary N) is 1. The van der Waals surface area contributed by atoms with Crippen LogP contribution in [0.15, 0.2) is 24.5 Å². The molecule has 1 aliphatic carbocycles. The summed E-state index contributed by atoms with van der Waals surface area (Å²) in [6, 6.07) is 4.34. The number of carbonyl (C=O) groups excluding carboxylic acids is 1. The number of halogens is 1. The maximum atomic E-state index is 12.9. The quantitative estimate of drug-likeness (QED) is 0.910. The van der Waals surface area contributed by atoms with Gasteiger partial charge in [-0.25, -0.2) is 0 Å². The Hall–Kier alpha value is -1.13. The minimum atomic E-state index is 0. The number of hydrogen-bond donors (Lipinski definition) is 1. The summed E-state index contributed by atoms with van der Waals surface area (Å²) >= 11 is 0. The Morgan fingerprint density at radius 2 is 2.18 bits per heavy atom. The molecule has 120 valence electrons. The van der Waals surface area contributed by atoms with E-state index in [0.29, 0.717) is 11.3 Å². The van der Waals surface area contributed by atoms with Crippen molar-refractivity contribution in [3.05, 3.63) is 30.1 Å². The lowest BCUT2D eigenvalue weighted by Gasteiger charge is -2.28. The summed E-state index contributed by atoms with van der Waals surface area (Å²) in [5, 5.41) is 3.41. The fourth-order valence-corrected chi connectivity index (χ4v) is 4.32. The number of amides is 1. The first-order valence-corrected chi connectivity index (χ1v) is 8.21. The van der Waals surface area contributed by atoms with Gasteiger partial charge in [-0.1, -0.05) is 6.07 Å². The molecule has 0 radical (unpaired) electrons. The predicted octanol–water partition coefficient (Wildman–Crippen LogP) is 2.56. The summed E-state index contributed by atoms with van der Waals surface area (Å²) in [7, 11) is 0. The number of likely N-dealkylation sites (tertiary alicyclic amines) is 1. The van der Waals surface area contributed by atoms with Crippen LogP contribution in [0.5, 0.6) is 0 Å². The van der Waals surface area contributed by atoms with Crippen LogP contribution in [0.25, 0.3) is 0 Å². The van der Waals surface area contributed by atoms with Crippen LogP contribution in [0.2, 0.25) is 0 Å². The summed E-state index contributed by atoms with van der Waals surface area (Å²) in [5.41, 5.74) is 1.54. The van der Waals surface area contributed by atoms with E-state index >= 15 is 0 Å². The van der Waals surface area contributed by atoms with Gasteiger partial charge in [-0.05, 0) is 62.2 Å². The Kier molecular flexibility index (Phi) is 4.42. The summed E-state index contributed by atoms with van der Waals surface area (Å²) in [5.74, 6) is 0.695. The van der Waals surface area contributed by atoms with Gasteiger partial charge in [-0.2, -0.15) is 0 Å². The summed E-state index contributed by atoms with van der Waals surface area (Å²) < 4.78 is 0. The van der Waals surface area contributed by atoms with Crippen molar-refractivity contribution in [2.45, 2.75) is 38.1 Å². The van der Waals surface area contributed by atoms with Gasteiger partial charge in [0.1, 0.15) is 0 Å². The largest absolute Gasteiger partial charge is 0.335 e. The third-order valence-electron chi connectivity index (χ3n) is 5.69. The van der Waals surface area contributed by atoms with E-state index in [2.05, 4.69) is 21.3 Å². The third-order valence-corrected chi connectivity index (χ3v) is 5.69. The maximum Gasteiger partial charge on any atom is 0.226 e. The van der Waals surface area contributed by atoms with Crippen molar-refractivity contribution in [1.29, 1.82) is 0 Å². The zero-order valence-corrected chi connectivity index (χ0v) is 13.6. The topological polar surface area (TPSA) is 45.2 Å². The van der Waals surface area contributed by atoms with Crippen molar-refractivity contribution in [2.75, 3.05) is 19.6 Å². The number of carbonyl (C=O) groups is 1. The van der Waals surface area contributed by atoms with E-state index in [0.717, 1.165) is 38.9 Å². The number of rotatable bonds is 2. The molecule has 1 aromatic heterocycles. The average Bonchev–Trinajstić information content (AvgIpc) is 3.01.